The molecular formula is C28H32Cl4N2O3. The molecule has 1 atom stereocenters. The number of Topliss-reactive ketones (excluding diaryl/α,β-unsaturated/α-hetero) is 1. The molecule has 0 radical (unpaired) electrons. The number of benzene rings is 2. The minimum atomic E-state index is -0.744. The molecule has 5 nitrogen and oxygen atoms in total. The molecule has 1 unspecified atom stereocenters. The number of β-amino-alcohol motifs (C(OH)–C–C–N with tert-alkyl or cyclic N) is 1. The topological polar surface area (TPSA) is 69.6 Å². The fourth-order valence-electron chi connectivity index (χ4n) is 5.29. The lowest BCUT2D eigenvalue weighted by Crippen LogP contribution is -2.47. The van der Waals surface area contributed by atoms with Crippen molar-refractivity contribution in [1.29, 1.82) is 0 Å². The number of hydrogen-bond donors (Lipinski definition) is 2. The number of likely N-dealkylation sites (tertiary alicyclic amines) is 1. The average molecular weight is 586 g/mol. The van der Waals surface area contributed by atoms with Gasteiger partial charge in [0, 0.05) is 33.1 Å². The number of ketones is 1. The van der Waals surface area contributed by atoms with Crippen molar-refractivity contribution in [1.82, 2.24) is 10.2 Å². The first-order valence-corrected chi connectivity index (χ1v) is 14.3. The van der Waals surface area contributed by atoms with E-state index in [9.17, 15) is 9.59 Å². The molecule has 1 heterocycles. The van der Waals surface area contributed by atoms with Crippen LogP contribution in [0.25, 0.3) is 0 Å². The lowest BCUT2D eigenvalue weighted by atomic mass is 9.89. The average Bonchev–Trinajstić information content (AvgIpc) is 3.64. The van der Waals surface area contributed by atoms with E-state index < -0.39 is 11.5 Å². The van der Waals surface area contributed by atoms with Crippen molar-refractivity contribution in [3.8, 4) is 0 Å². The van der Waals surface area contributed by atoms with Crippen molar-refractivity contribution in [3.05, 3.63) is 67.6 Å². The van der Waals surface area contributed by atoms with E-state index in [1.807, 2.05) is 0 Å². The molecule has 2 N–H and O–H groups in total. The van der Waals surface area contributed by atoms with Gasteiger partial charge in [0.25, 0.3) is 0 Å². The van der Waals surface area contributed by atoms with Crippen molar-refractivity contribution in [3.63, 3.8) is 0 Å². The summed E-state index contributed by atoms with van der Waals surface area (Å²) in [4.78, 5) is 29.3. The number of nitrogens with one attached hydrogen (secondary N) is 1. The van der Waals surface area contributed by atoms with Gasteiger partial charge >= 0.3 is 0 Å². The Kier molecular flexibility index (Phi) is 9.82. The molecule has 1 saturated carbocycles. The quantitative estimate of drug-likeness (QED) is 0.334. The monoisotopic (exact) mass is 584 g/mol. The van der Waals surface area contributed by atoms with Crippen LogP contribution in [0.3, 0.4) is 0 Å². The Morgan fingerprint density at radius 3 is 2.27 bits per heavy atom. The third kappa shape index (κ3) is 7.40. The fourth-order valence-corrected chi connectivity index (χ4v) is 6.45. The van der Waals surface area contributed by atoms with E-state index in [-0.39, 0.29) is 18.3 Å². The van der Waals surface area contributed by atoms with Gasteiger partial charge in [-0.1, -0.05) is 52.5 Å². The van der Waals surface area contributed by atoms with E-state index in [0.717, 1.165) is 43.5 Å². The first-order valence-electron chi connectivity index (χ1n) is 12.8. The van der Waals surface area contributed by atoms with Crippen LogP contribution in [0.2, 0.25) is 20.1 Å². The zero-order valence-electron chi connectivity index (χ0n) is 20.6. The predicted octanol–water partition coefficient (Wildman–Crippen LogP) is 6.11. The van der Waals surface area contributed by atoms with Crippen LogP contribution in [0.1, 0.15) is 49.7 Å². The number of carbonyl (C=O) groups is 2. The smallest absolute Gasteiger partial charge is 0.231 e. The fraction of sp³-hybridized carbons (Fsp3) is 0.500. The van der Waals surface area contributed by atoms with Gasteiger partial charge in [0.2, 0.25) is 5.91 Å². The Morgan fingerprint density at radius 1 is 1.00 bits per heavy atom. The number of rotatable bonds is 11. The minimum Gasteiger partial charge on any atom is -0.395 e. The van der Waals surface area contributed by atoms with Crippen LogP contribution >= 0.6 is 46.4 Å². The molecule has 37 heavy (non-hydrogen) atoms. The molecule has 0 aromatic heterocycles. The van der Waals surface area contributed by atoms with E-state index in [0.29, 0.717) is 58.2 Å². The number of nitrogens with zero attached hydrogens (tertiary/aromatic N) is 1. The Labute approximate surface area is 238 Å². The molecule has 9 heteroatoms. The highest BCUT2D eigenvalue weighted by atomic mass is 35.5. The molecule has 0 spiro atoms. The lowest BCUT2D eigenvalue weighted by molar-refractivity contribution is -0.129. The summed E-state index contributed by atoms with van der Waals surface area (Å²) in [5, 5.41) is 14.2. The van der Waals surface area contributed by atoms with Crippen LogP contribution in [0.5, 0.6) is 0 Å². The van der Waals surface area contributed by atoms with Crippen LogP contribution in [-0.2, 0) is 21.4 Å². The second-order valence-corrected chi connectivity index (χ2v) is 11.9. The molecule has 200 valence electrons. The Bertz CT molecular complexity index is 1110. The number of aliphatic hydroxyl groups is 1. The van der Waals surface area contributed by atoms with Crippen LogP contribution < -0.4 is 5.32 Å². The van der Waals surface area contributed by atoms with Gasteiger partial charge in [-0.2, -0.15) is 0 Å². The maximum Gasteiger partial charge on any atom is 0.231 e. The zero-order chi connectivity index (χ0) is 26.6. The van der Waals surface area contributed by atoms with Gasteiger partial charge in [-0.15, -0.1) is 0 Å². The van der Waals surface area contributed by atoms with Crippen LogP contribution in [-0.4, -0.2) is 54.0 Å². The third-order valence-electron chi connectivity index (χ3n) is 7.61. The lowest BCUT2D eigenvalue weighted by Gasteiger charge is -2.31. The predicted molar refractivity (Wildman–Crippen MR) is 150 cm³/mol. The summed E-state index contributed by atoms with van der Waals surface area (Å²) in [5.74, 6) is 0.263. The van der Waals surface area contributed by atoms with Crippen LogP contribution in [0, 0.1) is 5.92 Å². The molecule has 1 saturated heterocycles. The minimum absolute atomic E-state index is 0.000221. The zero-order valence-corrected chi connectivity index (χ0v) is 23.6. The molecular weight excluding hydrogens is 554 g/mol. The molecule has 1 aliphatic carbocycles. The highest BCUT2D eigenvalue weighted by molar-refractivity contribution is 6.35. The van der Waals surface area contributed by atoms with Gasteiger partial charge in [0.15, 0.2) is 5.78 Å². The van der Waals surface area contributed by atoms with E-state index in [1.165, 1.54) is 0 Å². The van der Waals surface area contributed by atoms with Gasteiger partial charge in [0.1, 0.15) is 0 Å². The second kappa shape index (κ2) is 12.7. The molecule has 2 aromatic carbocycles. The number of aliphatic hydroxyl groups excluding tert-OH is 1. The third-order valence-corrected chi connectivity index (χ3v) is 8.59. The standard InChI is InChI=1S/C28H32Cl4N2O3/c29-20-2-3-23(24(32)17-20)28(7-8-28)27(37)33-25(15-19-13-21(30)16-22(31)14-19)26(36)4-1-18-5-9-34(10-6-18)11-12-35/h2-3,13-14,16-18,25,35H,1,4-12,15H2,(H,33,37). The van der Waals surface area contributed by atoms with Gasteiger partial charge in [-0.25, -0.2) is 0 Å². The van der Waals surface area contributed by atoms with Crippen molar-refractivity contribution in [2.75, 3.05) is 26.2 Å². The van der Waals surface area contributed by atoms with Crippen molar-refractivity contribution in [2.45, 2.75) is 56.4 Å². The van der Waals surface area contributed by atoms with Crippen molar-refractivity contribution in [2.24, 2.45) is 5.92 Å². The molecule has 0 bridgehead atoms. The largest absolute Gasteiger partial charge is 0.395 e. The Morgan fingerprint density at radius 2 is 1.68 bits per heavy atom. The maximum atomic E-state index is 13.6. The SMILES string of the molecule is O=C(CCC1CCN(CCO)CC1)C(Cc1cc(Cl)cc(Cl)c1)NC(=O)C1(c2ccc(Cl)cc2Cl)CC1. The van der Waals surface area contributed by atoms with Crippen molar-refractivity contribution >= 4 is 58.1 Å². The highest BCUT2D eigenvalue weighted by Gasteiger charge is 2.53. The normalized spacial score (nSPS) is 18.4. The maximum absolute atomic E-state index is 13.6. The molecule has 4 rings (SSSR count). The summed E-state index contributed by atoms with van der Waals surface area (Å²) in [6, 6.07) is 9.69. The first-order chi connectivity index (χ1) is 17.7. The molecule has 1 amide bonds. The van der Waals surface area contributed by atoms with E-state index >= 15 is 0 Å². The van der Waals surface area contributed by atoms with Crippen LogP contribution in [0.15, 0.2) is 36.4 Å². The van der Waals surface area contributed by atoms with E-state index in [2.05, 4.69) is 10.2 Å². The number of piperidine rings is 1. The summed E-state index contributed by atoms with van der Waals surface area (Å²) in [5.41, 5.74) is 0.789. The number of carbonyl (C=O) groups excluding carboxylic acids is 2. The van der Waals surface area contributed by atoms with Gasteiger partial charge in [-0.05, 0) is 99.0 Å². The summed E-state index contributed by atoms with van der Waals surface area (Å²) in [6.45, 7) is 2.73. The van der Waals surface area contributed by atoms with Gasteiger partial charge in [0.05, 0.1) is 18.1 Å². The molecule has 2 fully saturated rings. The van der Waals surface area contributed by atoms with Crippen molar-refractivity contribution < 1.29 is 14.7 Å². The first kappa shape index (κ1) is 28.7. The Hall–Kier alpha value is -1.34. The highest BCUT2D eigenvalue weighted by Crippen LogP contribution is 2.51. The summed E-state index contributed by atoms with van der Waals surface area (Å²) in [7, 11) is 0. The number of hydrogen-bond acceptors (Lipinski definition) is 4. The summed E-state index contributed by atoms with van der Waals surface area (Å²) >= 11 is 24.9. The Balaban J connectivity index is 1.46. The van der Waals surface area contributed by atoms with Gasteiger partial charge in [-0.3, -0.25) is 9.59 Å². The number of amides is 1. The summed E-state index contributed by atoms with van der Waals surface area (Å²) < 4.78 is 0. The van der Waals surface area contributed by atoms with E-state index in [4.69, 9.17) is 51.5 Å². The van der Waals surface area contributed by atoms with E-state index in [1.54, 1.807) is 36.4 Å². The number of halogens is 4. The summed E-state index contributed by atoms with van der Waals surface area (Å²) in [6.07, 6.45) is 4.82. The van der Waals surface area contributed by atoms with Gasteiger partial charge < -0.3 is 15.3 Å². The second-order valence-electron chi connectivity index (χ2n) is 10.2. The molecule has 1 aliphatic heterocycles. The molecule has 2 aromatic rings. The van der Waals surface area contributed by atoms with Crippen LogP contribution in [0.4, 0.5) is 0 Å². The molecule has 2 aliphatic rings.